The summed E-state index contributed by atoms with van der Waals surface area (Å²) in [6.07, 6.45) is 2.51. The van der Waals surface area contributed by atoms with Gasteiger partial charge in [-0.2, -0.15) is 0 Å². The molecule has 1 aliphatic heterocycles. The number of hydrogen-bond donors (Lipinski definition) is 1. The Kier molecular flexibility index (Phi) is 4.63. The van der Waals surface area contributed by atoms with Crippen molar-refractivity contribution in [3.8, 4) is 0 Å². The van der Waals surface area contributed by atoms with Crippen LogP contribution in [0.1, 0.15) is 37.4 Å². The molecule has 3 unspecified atom stereocenters. The first kappa shape index (κ1) is 15.0. The number of hydrogen-bond acceptors (Lipinski definition) is 3. The molecule has 1 aliphatic carbocycles. The van der Waals surface area contributed by atoms with Gasteiger partial charge in [-0.3, -0.25) is 4.90 Å². The number of aryl methyl sites for hydroxylation is 1. The van der Waals surface area contributed by atoms with Crippen molar-refractivity contribution in [2.45, 2.75) is 44.8 Å². The molecule has 3 heteroatoms. The summed E-state index contributed by atoms with van der Waals surface area (Å²) >= 11 is 0. The third-order valence-corrected chi connectivity index (χ3v) is 5.37. The summed E-state index contributed by atoms with van der Waals surface area (Å²) in [5.74, 6) is 0. The number of nitrogens with one attached hydrogen (secondary N) is 1. The van der Waals surface area contributed by atoms with Crippen LogP contribution < -0.4 is 5.32 Å². The molecule has 3 atom stereocenters. The van der Waals surface area contributed by atoms with Crippen molar-refractivity contribution in [1.29, 1.82) is 0 Å². The van der Waals surface area contributed by atoms with Crippen LogP contribution in [0.15, 0.2) is 24.3 Å². The van der Waals surface area contributed by atoms with Gasteiger partial charge in [-0.05, 0) is 44.5 Å². The molecule has 3 rings (SSSR count). The molecule has 116 valence electrons. The van der Waals surface area contributed by atoms with Gasteiger partial charge in [0, 0.05) is 37.8 Å². The van der Waals surface area contributed by atoms with Crippen LogP contribution in [0.5, 0.6) is 0 Å². The minimum atomic E-state index is 0.496. The average molecular weight is 287 g/mol. The molecule has 0 aromatic heterocycles. The molecule has 2 aliphatic rings. The summed E-state index contributed by atoms with van der Waals surface area (Å²) in [6, 6.07) is 10.8. The van der Waals surface area contributed by atoms with Crippen molar-refractivity contribution >= 4 is 0 Å². The second-order valence-electron chi connectivity index (χ2n) is 6.66. The van der Waals surface area contributed by atoms with Crippen molar-refractivity contribution in [2.75, 3.05) is 33.2 Å². The number of nitrogens with zero attached hydrogens (tertiary/aromatic N) is 2. The average Bonchev–Trinajstić information content (AvgIpc) is 2.51. The second-order valence-corrected chi connectivity index (χ2v) is 6.66. The van der Waals surface area contributed by atoms with Gasteiger partial charge in [0.25, 0.3) is 0 Å². The highest BCUT2D eigenvalue weighted by atomic mass is 15.3. The summed E-state index contributed by atoms with van der Waals surface area (Å²) in [7, 11) is 2.25. The van der Waals surface area contributed by atoms with Crippen LogP contribution in [0.3, 0.4) is 0 Å². The lowest BCUT2D eigenvalue weighted by Gasteiger charge is -2.46. The monoisotopic (exact) mass is 287 g/mol. The van der Waals surface area contributed by atoms with E-state index < -0.39 is 0 Å². The van der Waals surface area contributed by atoms with Gasteiger partial charge in [-0.15, -0.1) is 0 Å². The largest absolute Gasteiger partial charge is 0.309 e. The second kappa shape index (κ2) is 6.47. The number of benzene rings is 1. The molecular formula is C18H29N3. The van der Waals surface area contributed by atoms with Crippen molar-refractivity contribution in [2.24, 2.45) is 0 Å². The molecular weight excluding hydrogens is 258 g/mol. The van der Waals surface area contributed by atoms with Gasteiger partial charge >= 0.3 is 0 Å². The van der Waals surface area contributed by atoms with Gasteiger partial charge < -0.3 is 10.2 Å². The zero-order valence-electron chi connectivity index (χ0n) is 13.7. The van der Waals surface area contributed by atoms with Crippen LogP contribution >= 0.6 is 0 Å². The molecule has 1 N–H and O–H groups in total. The van der Waals surface area contributed by atoms with E-state index in [2.05, 4.69) is 60.3 Å². The molecule has 0 saturated carbocycles. The molecule has 0 bridgehead atoms. The Bertz CT molecular complexity index is 473. The van der Waals surface area contributed by atoms with Crippen LogP contribution in [0.4, 0.5) is 0 Å². The van der Waals surface area contributed by atoms with E-state index in [0.29, 0.717) is 18.1 Å². The molecule has 1 saturated heterocycles. The lowest BCUT2D eigenvalue weighted by Crippen LogP contribution is -2.57. The zero-order chi connectivity index (χ0) is 14.8. The Labute approximate surface area is 129 Å². The fourth-order valence-electron chi connectivity index (χ4n) is 3.98. The number of piperazine rings is 1. The molecule has 0 radical (unpaired) electrons. The van der Waals surface area contributed by atoms with Gasteiger partial charge in [-0.25, -0.2) is 0 Å². The van der Waals surface area contributed by atoms with E-state index in [4.69, 9.17) is 0 Å². The summed E-state index contributed by atoms with van der Waals surface area (Å²) in [6.45, 7) is 9.21. The van der Waals surface area contributed by atoms with Crippen molar-refractivity contribution in [3.05, 3.63) is 35.4 Å². The lowest BCUT2D eigenvalue weighted by atomic mass is 9.82. The Balaban J connectivity index is 1.82. The summed E-state index contributed by atoms with van der Waals surface area (Å²) in [5.41, 5.74) is 3.07. The first-order valence-electron chi connectivity index (χ1n) is 8.46. The van der Waals surface area contributed by atoms with Gasteiger partial charge in [0.2, 0.25) is 0 Å². The van der Waals surface area contributed by atoms with Gasteiger partial charge in [-0.1, -0.05) is 31.2 Å². The number of rotatable bonds is 3. The molecule has 21 heavy (non-hydrogen) atoms. The highest BCUT2D eigenvalue weighted by Crippen LogP contribution is 2.33. The fourth-order valence-corrected chi connectivity index (χ4v) is 3.98. The number of fused-ring (bicyclic) bond motifs is 1. The maximum absolute atomic E-state index is 3.76. The van der Waals surface area contributed by atoms with Crippen LogP contribution in [0.2, 0.25) is 0 Å². The molecule has 1 heterocycles. The predicted octanol–water partition coefficient (Wildman–Crippen LogP) is 2.29. The summed E-state index contributed by atoms with van der Waals surface area (Å²) in [4.78, 5) is 5.21. The van der Waals surface area contributed by atoms with Crippen molar-refractivity contribution in [3.63, 3.8) is 0 Å². The number of likely N-dealkylation sites (N-methyl/N-ethyl adjacent to an activating group) is 2. The van der Waals surface area contributed by atoms with Crippen molar-refractivity contribution in [1.82, 2.24) is 15.1 Å². The van der Waals surface area contributed by atoms with E-state index in [-0.39, 0.29) is 0 Å². The minimum Gasteiger partial charge on any atom is -0.309 e. The highest BCUT2D eigenvalue weighted by Gasteiger charge is 2.35. The Hall–Kier alpha value is -0.900. The van der Waals surface area contributed by atoms with Crippen LogP contribution in [-0.2, 0) is 6.42 Å². The molecule has 0 spiro atoms. The third kappa shape index (κ3) is 3.01. The zero-order valence-corrected chi connectivity index (χ0v) is 13.7. The van der Waals surface area contributed by atoms with Gasteiger partial charge in [0.05, 0.1) is 0 Å². The lowest BCUT2D eigenvalue weighted by molar-refractivity contribution is 0.0503. The fraction of sp³-hybridized carbons (Fsp3) is 0.667. The molecule has 3 nitrogen and oxygen atoms in total. The maximum atomic E-state index is 3.76. The standard InChI is InChI=1S/C18H29N3/c1-4-19-18-16-8-6-5-7-15(16)9-10-17(18)21-12-11-20(3)14(2)13-21/h5-8,14,17-19H,4,9-13H2,1-3H3. The maximum Gasteiger partial charge on any atom is 0.0480 e. The smallest absolute Gasteiger partial charge is 0.0480 e. The Morgan fingerprint density at radius 3 is 2.81 bits per heavy atom. The molecule has 1 aromatic carbocycles. The van der Waals surface area contributed by atoms with E-state index in [1.54, 1.807) is 5.56 Å². The minimum absolute atomic E-state index is 0.496. The van der Waals surface area contributed by atoms with Crippen LogP contribution in [0.25, 0.3) is 0 Å². The predicted molar refractivity (Wildman–Crippen MR) is 88.6 cm³/mol. The quantitative estimate of drug-likeness (QED) is 0.920. The molecule has 1 aromatic rings. The first-order chi connectivity index (χ1) is 10.2. The Morgan fingerprint density at radius 2 is 2.05 bits per heavy atom. The van der Waals surface area contributed by atoms with Gasteiger partial charge in [0.15, 0.2) is 0 Å². The summed E-state index contributed by atoms with van der Waals surface area (Å²) in [5, 5.41) is 3.76. The van der Waals surface area contributed by atoms with E-state index in [9.17, 15) is 0 Å². The Morgan fingerprint density at radius 1 is 1.24 bits per heavy atom. The third-order valence-electron chi connectivity index (χ3n) is 5.37. The molecule has 0 amide bonds. The first-order valence-corrected chi connectivity index (χ1v) is 8.46. The van der Waals surface area contributed by atoms with E-state index in [0.717, 1.165) is 6.54 Å². The van der Waals surface area contributed by atoms with E-state index in [1.165, 1.54) is 38.0 Å². The topological polar surface area (TPSA) is 18.5 Å². The van der Waals surface area contributed by atoms with Gasteiger partial charge in [0.1, 0.15) is 0 Å². The van der Waals surface area contributed by atoms with Crippen LogP contribution in [0, 0.1) is 0 Å². The molecule has 1 fully saturated rings. The SMILES string of the molecule is CCNC1c2ccccc2CCC1N1CCN(C)C(C)C1. The van der Waals surface area contributed by atoms with E-state index in [1.807, 2.05) is 0 Å². The highest BCUT2D eigenvalue weighted by molar-refractivity contribution is 5.34. The summed E-state index contributed by atoms with van der Waals surface area (Å²) < 4.78 is 0. The van der Waals surface area contributed by atoms with Crippen LogP contribution in [-0.4, -0.2) is 55.1 Å². The van der Waals surface area contributed by atoms with E-state index >= 15 is 0 Å². The normalized spacial score (nSPS) is 31.1. The van der Waals surface area contributed by atoms with Crippen molar-refractivity contribution < 1.29 is 0 Å².